The van der Waals surface area contributed by atoms with Crippen LogP contribution in [0, 0.1) is 5.82 Å². The molecule has 0 unspecified atom stereocenters. The van der Waals surface area contributed by atoms with Gasteiger partial charge in [0.05, 0.1) is 6.10 Å². The molecular weight excluding hydrogens is 255 g/mol. The van der Waals surface area contributed by atoms with E-state index in [0.717, 1.165) is 12.0 Å². The molecule has 20 heavy (non-hydrogen) atoms. The Kier molecular flexibility index (Phi) is 4.74. The molecule has 2 aromatic rings. The van der Waals surface area contributed by atoms with Crippen LogP contribution < -0.4 is 4.74 Å². The van der Waals surface area contributed by atoms with Crippen LogP contribution in [0.5, 0.6) is 5.75 Å². The average molecular weight is 274 g/mol. The molecule has 1 atom stereocenters. The monoisotopic (exact) mass is 274 g/mol. The Bertz CT molecular complexity index is 562. The standard InChI is InChI=1S/C17H19FO2/c1-3-13-4-6-14(7-5-13)11-20-17-9-8-15(12(2)19)10-16(17)18/h4-10,12,19H,3,11H2,1-2H3/t12-/m1/s1. The first-order valence-electron chi connectivity index (χ1n) is 6.78. The maximum absolute atomic E-state index is 13.8. The van der Waals surface area contributed by atoms with Gasteiger partial charge in [0, 0.05) is 0 Å². The molecule has 0 bridgehead atoms. The molecule has 0 spiro atoms. The second kappa shape index (κ2) is 6.53. The Morgan fingerprint density at radius 3 is 2.30 bits per heavy atom. The third-order valence-electron chi connectivity index (χ3n) is 3.26. The van der Waals surface area contributed by atoms with Crippen LogP contribution in [0.3, 0.4) is 0 Å². The molecule has 106 valence electrons. The van der Waals surface area contributed by atoms with Crippen molar-refractivity contribution in [3.8, 4) is 5.75 Å². The number of rotatable bonds is 5. The highest BCUT2D eigenvalue weighted by Gasteiger charge is 2.08. The van der Waals surface area contributed by atoms with Crippen LogP contribution in [-0.4, -0.2) is 5.11 Å². The fraction of sp³-hybridized carbons (Fsp3) is 0.294. The summed E-state index contributed by atoms with van der Waals surface area (Å²) >= 11 is 0. The van der Waals surface area contributed by atoms with E-state index in [1.54, 1.807) is 19.1 Å². The second-order valence-corrected chi connectivity index (χ2v) is 4.82. The van der Waals surface area contributed by atoms with Gasteiger partial charge in [-0.05, 0) is 42.2 Å². The zero-order chi connectivity index (χ0) is 14.5. The number of benzene rings is 2. The molecule has 2 aromatic carbocycles. The molecule has 0 aromatic heterocycles. The van der Waals surface area contributed by atoms with Crippen molar-refractivity contribution in [1.82, 2.24) is 0 Å². The van der Waals surface area contributed by atoms with Gasteiger partial charge in [0.2, 0.25) is 0 Å². The predicted molar refractivity (Wildman–Crippen MR) is 77.2 cm³/mol. The van der Waals surface area contributed by atoms with Crippen molar-refractivity contribution in [3.63, 3.8) is 0 Å². The van der Waals surface area contributed by atoms with Gasteiger partial charge in [0.25, 0.3) is 0 Å². The third-order valence-corrected chi connectivity index (χ3v) is 3.26. The van der Waals surface area contributed by atoms with Gasteiger partial charge in [-0.15, -0.1) is 0 Å². The van der Waals surface area contributed by atoms with E-state index in [1.807, 2.05) is 24.3 Å². The molecular formula is C17H19FO2. The van der Waals surface area contributed by atoms with Gasteiger partial charge in [-0.25, -0.2) is 4.39 Å². The summed E-state index contributed by atoms with van der Waals surface area (Å²) in [5.74, 6) is -0.248. The van der Waals surface area contributed by atoms with E-state index >= 15 is 0 Å². The van der Waals surface area contributed by atoms with Crippen LogP contribution in [0.2, 0.25) is 0 Å². The number of aryl methyl sites for hydroxylation is 1. The highest BCUT2D eigenvalue weighted by atomic mass is 19.1. The minimum Gasteiger partial charge on any atom is -0.486 e. The topological polar surface area (TPSA) is 29.5 Å². The third kappa shape index (κ3) is 3.58. The molecule has 0 heterocycles. The van der Waals surface area contributed by atoms with E-state index in [0.29, 0.717) is 12.2 Å². The van der Waals surface area contributed by atoms with Crippen LogP contribution in [0.1, 0.15) is 36.6 Å². The summed E-state index contributed by atoms with van der Waals surface area (Å²) in [6.07, 6.45) is 0.316. The number of aliphatic hydroxyl groups is 1. The molecule has 0 aliphatic rings. The normalized spacial score (nSPS) is 12.2. The summed E-state index contributed by atoms with van der Waals surface area (Å²) in [5.41, 5.74) is 2.81. The molecule has 0 saturated heterocycles. The molecule has 0 fully saturated rings. The summed E-state index contributed by atoms with van der Waals surface area (Å²) in [6.45, 7) is 4.03. The lowest BCUT2D eigenvalue weighted by Gasteiger charge is -2.10. The number of halogens is 1. The van der Waals surface area contributed by atoms with Gasteiger partial charge in [0.1, 0.15) is 6.61 Å². The Labute approximate surface area is 118 Å². The summed E-state index contributed by atoms with van der Waals surface area (Å²) in [4.78, 5) is 0. The minimum atomic E-state index is -0.680. The average Bonchev–Trinajstić information content (AvgIpc) is 2.46. The van der Waals surface area contributed by atoms with Crippen molar-refractivity contribution in [2.75, 3.05) is 0 Å². The molecule has 0 saturated carbocycles. The van der Waals surface area contributed by atoms with Crippen molar-refractivity contribution in [1.29, 1.82) is 0 Å². The Hall–Kier alpha value is -1.87. The Morgan fingerprint density at radius 1 is 1.10 bits per heavy atom. The summed E-state index contributed by atoms with van der Waals surface area (Å²) in [7, 11) is 0. The number of aliphatic hydroxyl groups excluding tert-OH is 1. The van der Waals surface area contributed by atoms with Crippen molar-refractivity contribution < 1.29 is 14.2 Å². The van der Waals surface area contributed by atoms with Crippen molar-refractivity contribution in [2.24, 2.45) is 0 Å². The molecule has 2 nitrogen and oxygen atoms in total. The first-order valence-corrected chi connectivity index (χ1v) is 6.78. The zero-order valence-corrected chi connectivity index (χ0v) is 11.8. The zero-order valence-electron chi connectivity index (χ0n) is 11.8. The van der Waals surface area contributed by atoms with Crippen molar-refractivity contribution >= 4 is 0 Å². The fourth-order valence-electron chi connectivity index (χ4n) is 1.93. The number of hydrogen-bond donors (Lipinski definition) is 1. The van der Waals surface area contributed by atoms with Crippen LogP contribution in [0.25, 0.3) is 0 Å². The van der Waals surface area contributed by atoms with Crippen LogP contribution in [0.15, 0.2) is 42.5 Å². The lowest BCUT2D eigenvalue weighted by Crippen LogP contribution is -1.99. The lowest BCUT2D eigenvalue weighted by molar-refractivity contribution is 0.198. The second-order valence-electron chi connectivity index (χ2n) is 4.82. The molecule has 2 rings (SSSR count). The van der Waals surface area contributed by atoms with Crippen molar-refractivity contribution in [2.45, 2.75) is 33.0 Å². The largest absolute Gasteiger partial charge is 0.486 e. The van der Waals surface area contributed by atoms with Gasteiger partial charge in [-0.1, -0.05) is 37.3 Å². The molecule has 0 amide bonds. The first kappa shape index (κ1) is 14.5. The van der Waals surface area contributed by atoms with Gasteiger partial charge >= 0.3 is 0 Å². The summed E-state index contributed by atoms with van der Waals surface area (Å²) in [6, 6.07) is 12.6. The van der Waals surface area contributed by atoms with Crippen LogP contribution >= 0.6 is 0 Å². The van der Waals surface area contributed by atoms with Crippen LogP contribution in [-0.2, 0) is 13.0 Å². The molecule has 0 aliphatic carbocycles. The van der Waals surface area contributed by atoms with Crippen LogP contribution in [0.4, 0.5) is 4.39 Å². The Balaban J connectivity index is 2.03. The molecule has 0 radical (unpaired) electrons. The van der Waals surface area contributed by atoms with Crippen molar-refractivity contribution in [3.05, 3.63) is 65.0 Å². The SMILES string of the molecule is CCc1ccc(COc2ccc([C@@H](C)O)cc2F)cc1. The molecule has 1 N–H and O–H groups in total. The number of hydrogen-bond acceptors (Lipinski definition) is 2. The van der Waals surface area contributed by atoms with E-state index in [-0.39, 0.29) is 5.75 Å². The number of ether oxygens (including phenoxy) is 1. The van der Waals surface area contributed by atoms with Gasteiger partial charge in [-0.2, -0.15) is 0 Å². The summed E-state index contributed by atoms with van der Waals surface area (Å²) in [5, 5.41) is 9.39. The van der Waals surface area contributed by atoms with E-state index in [4.69, 9.17) is 4.74 Å². The van der Waals surface area contributed by atoms with E-state index in [9.17, 15) is 9.50 Å². The summed E-state index contributed by atoms with van der Waals surface area (Å²) < 4.78 is 19.3. The maximum Gasteiger partial charge on any atom is 0.165 e. The highest BCUT2D eigenvalue weighted by molar-refractivity contribution is 5.31. The minimum absolute atomic E-state index is 0.203. The first-order chi connectivity index (χ1) is 9.60. The van der Waals surface area contributed by atoms with Gasteiger partial charge < -0.3 is 9.84 Å². The van der Waals surface area contributed by atoms with E-state index < -0.39 is 11.9 Å². The molecule has 0 aliphatic heterocycles. The fourth-order valence-corrected chi connectivity index (χ4v) is 1.93. The smallest absolute Gasteiger partial charge is 0.165 e. The lowest BCUT2D eigenvalue weighted by atomic mass is 10.1. The van der Waals surface area contributed by atoms with E-state index in [2.05, 4.69) is 6.92 Å². The van der Waals surface area contributed by atoms with Gasteiger partial charge in [0.15, 0.2) is 11.6 Å². The maximum atomic E-state index is 13.8. The highest BCUT2D eigenvalue weighted by Crippen LogP contribution is 2.22. The predicted octanol–water partition coefficient (Wildman–Crippen LogP) is 4.02. The molecule has 3 heteroatoms. The van der Waals surface area contributed by atoms with E-state index in [1.165, 1.54) is 11.6 Å². The quantitative estimate of drug-likeness (QED) is 0.892. The van der Waals surface area contributed by atoms with Gasteiger partial charge in [-0.3, -0.25) is 0 Å². The Morgan fingerprint density at radius 2 is 1.75 bits per heavy atom.